The van der Waals surface area contributed by atoms with E-state index in [0.29, 0.717) is 23.3 Å². The zero-order chi connectivity index (χ0) is 14.8. The largest absolute Gasteiger partial charge is 0.392 e. The quantitative estimate of drug-likeness (QED) is 0.802. The Labute approximate surface area is 120 Å². The predicted molar refractivity (Wildman–Crippen MR) is 75.9 cm³/mol. The van der Waals surface area contributed by atoms with E-state index in [1.54, 1.807) is 35.2 Å². The number of hydrogen-bond acceptors (Lipinski definition) is 3. The minimum atomic E-state index is -0.419. The van der Waals surface area contributed by atoms with Crippen LogP contribution in [0.5, 0.6) is 0 Å². The Bertz CT molecular complexity index is 848. The number of aliphatic hydroxyl groups excluding tert-OH is 1. The lowest BCUT2D eigenvalue weighted by molar-refractivity contribution is 0.283. The van der Waals surface area contributed by atoms with Crippen molar-refractivity contribution in [2.75, 3.05) is 0 Å². The van der Waals surface area contributed by atoms with Crippen molar-refractivity contribution in [1.82, 2.24) is 9.55 Å². The van der Waals surface area contributed by atoms with E-state index >= 15 is 0 Å². The number of fused-ring (bicyclic) bond motifs is 1. The van der Waals surface area contributed by atoms with Crippen molar-refractivity contribution in [2.24, 2.45) is 0 Å². The van der Waals surface area contributed by atoms with Crippen LogP contribution in [0.25, 0.3) is 11.0 Å². The molecule has 0 spiro atoms. The Balaban J connectivity index is 2.04. The summed E-state index contributed by atoms with van der Waals surface area (Å²) < 4.78 is 15.8. The molecule has 1 N–H and O–H groups in total. The number of aliphatic hydroxyl groups is 1. The second kappa shape index (κ2) is 5.35. The van der Waals surface area contributed by atoms with Gasteiger partial charge in [-0.05, 0) is 24.3 Å². The molecule has 0 radical (unpaired) electrons. The zero-order valence-corrected chi connectivity index (χ0v) is 11.1. The number of rotatable bonds is 3. The Hall–Kier alpha value is -2.71. The molecule has 0 atom stereocenters. The third-order valence-electron chi connectivity index (χ3n) is 3.41. The fourth-order valence-corrected chi connectivity index (χ4v) is 2.37. The molecule has 5 heteroatoms. The van der Waals surface area contributed by atoms with E-state index in [1.807, 2.05) is 12.1 Å². The minimum absolute atomic E-state index is 0.0922. The molecular formula is C16H12FN3O. The van der Waals surface area contributed by atoms with Gasteiger partial charge in [-0.25, -0.2) is 9.37 Å². The monoisotopic (exact) mass is 281 g/mol. The minimum Gasteiger partial charge on any atom is -0.392 e. The van der Waals surface area contributed by atoms with Gasteiger partial charge in [0.1, 0.15) is 11.5 Å². The van der Waals surface area contributed by atoms with Crippen LogP contribution in [0.15, 0.2) is 42.7 Å². The number of nitriles is 1. The number of hydrogen-bond donors (Lipinski definition) is 1. The highest BCUT2D eigenvalue weighted by Crippen LogP contribution is 2.21. The van der Waals surface area contributed by atoms with Gasteiger partial charge in [-0.2, -0.15) is 5.26 Å². The van der Waals surface area contributed by atoms with Gasteiger partial charge in [0.05, 0.1) is 24.8 Å². The number of nitrogens with zero attached hydrogens (tertiary/aromatic N) is 3. The third kappa shape index (κ3) is 2.37. The molecule has 2 aromatic heterocycles. The lowest BCUT2D eigenvalue weighted by Crippen LogP contribution is -2.02. The van der Waals surface area contributed by atoms with Gasteiger partial charge in [-0.15, -0.1) is 0 Å². The second-order valence-electron chi connectivity index (χ2n) is 4.73. The number of benzene rings is 1. The molecule has 0 bridgehead atoms. The van der Waals surface area contributed by atoms with Crippen LogP contribution in [0, 0.1) is 17.1 Å². The molecular weight excluding hydrogens is 269 g/mol. The van der Waals surface area contributed by atoms with Crippen LogP contribution >= 0.6 is 0 Å². The average molecular weight is 281 g/mol. The molecule has 0 fully saturated rings. The number of aromatic nitrogens is 2. The Kier molecular flexibility index (Phi) is 3.38. The van der Waals surface area contributed by atoms with E-state index in [2.05, 4.69) is 4.98 Å². The molecule has 3 rings (SSSR count). The molecule has 0 saturated heterocycles. The highest BCUT2D eigenvalue weighted by molar-refractivity contribution is 5.80. The summed E-state index contributed by atoms with van der Waals surface area (Å²) in [7, 11) is 0. The Morgan fingerprint density at radius 2 is 2.14 bits per heavy atom. The molecule has 2 heterocycles. The predicted octanol–water partition coefficient (Wildman–Crippen LogP) is 2.59. The zero-order valence-electron chi connectivity index (χ0n) is 11.1. The van der Waals surface area contributed by atoms with E-state index in [0.717, 1.165) is 10.9 Å². The van der Waals surface area contributed by atoms with Crippen molar-refractivity contribution in [3.63, 3.8) is 0 Å². The standard InChI is InChI=1S/C16H12FN3O/c17-15-6-11(7-18)3-4-12(15)8-20-9-13(10-21)14-2-1-5-19-16(14)20/h1-6,9,21H,8,10H2. The third-order valence-corrected chi connectivity index (χ3v) is 3.41. The summed E-state index contributed by atoms with van der Waals surface area (Å²) in [4.78, 5) is 4.29. The molecule has 104 valence electrons. The maximum absolute atomic E-state index is 14.0. The van der Waals surface area contributed by atoms with Crippen LogP contribution in [-0.2, 0) is 13.2 Å². The van der Waals surface area contributed by atoms with Crippen LogP contribution in [0.1, 0.15) is 16.7 Å². The first kappa shape index (κ1) is 13.3. The maximum atomic E-state index is 14.0. The summed E-state index contributed by atoms with van der Waals surface area (Å²) in [5.74, 6) is -0.419. The average Bonchev–Trinajstić information content (AvgIpc) is 2.87. The molecule has 0 aliphatic rings. The summed E-state index contributed by atoms with van der Waals surface area (Å²) in [6.45, 7) is 0.204. The first-order chi connectivity index (χ1) is 10.2. The first-order valence-electron chi connectivity index (χ1n) is 6.45. The van der Waals surface area contributed by atoms with Crippen LogP contribution in [-0.4, -0.2) is 14.7 Å². The van der Waals surface area contributed by atoms with Gasteiger partial charge in [0.2, 0.25) is 0 Å². The number of halogens is 1. The van der Waals surface area contributed by atoms with E-state index in [9.17, 15) is 9.50 Å². The van der Waals surface area contributed by atoms with Crippen LogP contribution in [0.3, 0.4) is 0 Å². The molecule has 21 heavy (non-hydrogen) atoms. The van der Waals surface area contributed by atoms with E-state index in [-0.39, 0.29) is 6.61 Å². The second-order valence-corrected chi connectivity index (χ2v) is 4.73. The van der Waals surface area contributed by atoms with Crippen LogP contribution in [0.4, 0.5) is 4.39 Å². The van der Waals surface area contributed by atoms with Crippen LogP contribution in [0.2, 0.25) is 0 Å². The van der Waals surface area contributed by atoms with Crippen molar-refractivity contribution in [3.8, 4) is 6.07 Å². The molecule has 1 aromatic carbocycles. The molecule has 0 saturated carbocycles. The highest BCUT2D eigenvalue weighted by Gasteiger charge is 2.11. The topological polar surface area (TPSA) is 61.8 Å². The Morgan fingerprint density at radius 3 is 2.86 bits per heavy atom. The highest BCUT2D eigenvalue weighted by atomic mass is 19.1. The van der Waals surface area contributed by atoms with Crippen molar-refractivity contribution >= 4 is 11.0 Å². The van der Waals surface area contributed by atoms with Gasteiger partial charge in [0, 0.05) is 28.9 Å². The van der Waals surface area contributed by atoms with Crippen molar-refractivity contribution in [3.05, 3.63) is 65.2 Å². The van der Waals surface area contributed by atoms with Crippen molar-refractivity contribution in [1.29, 1.82) is 5.26 Å². The Morgan fingerprint density at radius 1 is 1.29 bits per heavy atom. The first-order valence-corrected chi connectivity index (χ1v) is 6.45. The lowest BCUT2D eigenvalue weighted by atomic mass is 10.1. The summed E-state index contributed by atoms with van der Waals surface area (Å²) in [6, 6.07) is 9.99. The van der Waals surface area contributed by atoms with Gasteiger partial charge >= 0.3 is 0 Å². The van der Waals surface area contributed by atoms with E-state index in [4.69, 9.17) is 5.26 Å². The molecule has 0 unspecified atom stereocenters. The maximum Gasteiger partial charge on any atom is 0.140 e. The molecule has 0 aliphatic heterocycles. The van der Waals surface area contributed by atoms with Gasteiger partial charge in [0.15, 0.2) is 0 Å². The summed E-state index contributed by atoms with van der Waals surface area (Å²) in [5.41, 5.74) is 2.22. The SMILES string of the molecule is N#Cc1ccc(Cn2cc(CO)c3cccnc32)c(F)c1. The molecule has 0 amide bonds. The summed E-state index contributed by atoms with van der Waals surface area (Å²) in [5, 5.41) is 19.0. The molecule has 3 aromatic rings. The fraction of sp³-hybridized carbons (Fsp3) is 0.125. The van der Waals surface area contributed by atoms with Crippen molar-refractivity contribution in [2.45, 2.75) is 13.2 Å². The van der Waals surface area contributed by atoms with Crippen LogP contribution < -0.4 is 0 Å². The van der Waals surface area contributed by atoms with Gasteiger partial charge in [0.25, 0.3) is 0 Å². The van der Waals surface area contributed by atoms with E-state index in [1.165, 1.54) is 6.07 Å². The van der Waals surface area contributed by atoms with Gasteiger partial charge < -0.3 is 9.67 Å². The van der Waals surface area contributed by atoms with Crippen molar-refractivity contribution < 1.29 is 9.50 Å². The smallest absolute Gasteiger partial charge is 0.140 e. The summed E-state index contributed by atoms with van der Waals surface area (Å²) >= 11 is 0. The summed E-state index contributed by atoms with van der Waals surface area (Å²) in [6.07, 6.45) is 3.43. The van der Waals surface area contributed by atoms with Gasteiger partial charge in [-0.1, -0.05) is 6.07 Å². The molecule has 4 nitrogen and oxygen atoms in total. The van der Waals surface area contributed by atoms with E-state index < -0.39 is 5.82 Å². The lowest BCUT2D eigenvalue weighted by Gasteiger charge is -2.06. The van der Waals surface area contributed by atoms with Gasteiger partial charge in [-0.3, -0.25) is 0 Å². The normalized spacial score (nSPS) is 10.7. The fourth-order valence-electron chi connectivity index (χ4n) is 2.37. The molecule has 0 aliphatic carbocycles. The number of pyridine rings is 1.